The van der Waals surface area contributed by atoms with E-state index in [-0.39, 0.29) is 31.6 Å². The highest BCUT2D eigenvalue weighted by Crippen LogP contribution is 2.21. The summed E-state index contributed by atoms with van der Waals surface area (Å²) in [4.78, 5) is 117. The van der Waals surface area contributed by atoms with Crippen LogP contribution >= 0.6 is 0 Å². The van der Waals surface area contributed by atoms with Crippen molar-refractivity contribution in [1.29, 1.82) is 0 Å². The third kappa shape index (κ3) is 14.9. The molecule has 3 rings (SSSR count). The third-order valence-electron chi connectivity index (χ3n) is 9.76. The number of likely N-dealkylation sites (tertiary alicyclic amines) is 1. The van der Waals surface area contributed by atoms with E-state index in [1.807, 2.05) is 0 Å². The standard InChI is InChI=1S/C40H54N8O13/c1-21(2)33(47-37(57)29(20-49)46-36(56)27(18-32(52)53)43-31(51)19-41)39(59)48-15-7-10-30(48)38(58)44-26(16-23-8-5-4-6-9-23)35(55)42-22(3)34(54)45-28(40(60)61)17-24-11-13-25(50)14-12-24/h4-6,8-9,11-14,21-22,26-30,33,49-50H,7,10,15-20,41H2,1-3H3,(H,42,55)(H,43,51)(H,44,58)(H,45,54)(H,46,56)(H,47,57)(H,52,53)(H,60,61)/t22-,26-,27-,28-,29-,30-,33-/m0/s1. The highest BCUT2D eigenvalue weighted by atomic mass is 16.4. The Hall–Kier alpha value is -6.61. The molecule has 21 heteroatoms. The number of aliphatic hydroxyl groups excluding tert-OH is 1. The van der Waals surface area contributed by atoms with Gasteiger partial charge in [-0.25, -0.2) is 4.79 Å². The minimum Gasteiger partial charge on any atom is -0.508 e. The van der Waals surface area contributed by atoms with Gasteiger partial charge in [-0.05, 0) is 48.9 Å². The summed E-state index contributed by atoms with van der Waals surface area (Å²) < 4.78 is 0. The van der Waals surface area contributed by atoms with Crippen LogP contribution in [0.3, 0.4) is 0 Å². The number of aromatic hydroxyl groups is 1. The van der Waals surface area contributed by atoms with Gasteiger partial charge in [-0.15, -0.1) is 0 Å². The minimum absolute atomic E-state index is 0.0225. The molecule has 61 heavy (non-hydrogen) atoms. The fourth-order valence-electron chi connectivity index (χ4n) is 6.42. The van der Waals surface area contributed by atoms with Gasteiger partial charge in [0.2, 0.25) is 41.4 Å². The monoisotopic (exact) mass is 854 g/mol. The second-order valence-electron chi connectivity index (χ2n) is 14.8. The van der Waals surface area contributed by atoms with Crippen molar-refractivity contribution in [2.24, 2.45) is 11.7 Å². The maximum Gasteiger partial charge on any atom is 0.326 e. The molecule has 332 valence electrons. The van der Waals surface area contributed by atoms with Crippen molar-refractivity contribution in [1.82, 2.24) is 36.8 Å². The normalized spacial score (nSPS) is 16.4. The molecule has 1 saturated heterocycles. The Bertz CT molecular complexity index is 1900. The summed E-state index contributed by atoms with van der Waals surface area (Å²) in [6.45, 7) is 3.12. The zero-order chi connectivity index (χ0) is 45.4. The van der Waals surface area contributed by atoms with Gasteiger partial charge in [0.15, 0.2) is 0 Å². The van der Waals surface area contributed by atoms with Crippen LogP contribution in [0.5, 0.6) is 5.75 Å². The first-order valence-corrected chi connectivity index (χ1v) is 19.5. The second kappa shape index (κ2) is 23.3. The summed E-state index contributed by atoms with van der Waals surface area (Å²) in [6, 6.07) is 4.77. The predicted molar refractivity (Wildman–Crippen MR) is 215 cm³/mol. The zero-order valence-corrected chi connectivity index (χ0v) is 34.0. The Morgan fingerprint density at radius 2 is 1.28 bits per heavy atom. The SMILES string of the molecule is CC(C)[C@H](NC(=O)[C@H](CO)NC(=O)[C@H](CC(=O)O)NC(=O)CN)C(=O)N1CCC[C@H]1C(=O)N[C@@H](Cc1ccccc1)C(=O)N[C@@H](C)C(=O)N[C@@H](Cc1ccc(O)cc1)C(=O)O. The smallest absolute Gasteiger partial charge is 0.326 e. The summed E-state index contributed by atoms with van der Waals surface area (Å²) in [5, 5.41) is 52.9. The Morgan fingerprint density at radius 3 is 1.85 bits per heavy atom. The van der Waals surface area contributed by atoms with Gasteiger partial charge >= 0.3 is 11.9 Å². The first-order valence-electron chi connectivity index (χ1n) is 19.5. The minimum atomic E-state index is -1.68. The lowest BCUT2D eigenvalue weighted by atomic mass is 10.0. The van der Waals surface area contributed by atoms with E-state index in [2.05, 4.69) is 31.9 Å². The van der Waals surface area contributed by atoms with Crippen LogP contribution in [0.4, 0.5) is 0 Å². The molecular weight excluding hydrogens is 800 g/mol. The number of amides is 7. The lowest BCUT2D eigenvalue weighted by molar-refractivity contribution is -0.144. The number of phenols is 1. The molecule has 7 atom stereocenters. The molecule has 0 spiro atoms. The molecule has 7 amide bonds. The van der Waals surface area contributed by atoms with Gasteiger partial charge in [-0.1, -0.05) is 56.3 Å². The van der Waals surface area contributed by atoms with Crippen molar-refractivity contribution in [2.75, 3.05) is 19.7 Å². The van der Waals surface area contributed by atoms with Crippen molar-refractivity contribution in [3.8, 4) is 5.75 Å². The fourth-order valence-corrected chi connectivity index (χ4v) is 6.42. The van der Waals surface area contributed by atoms with Crippen LogP contribution in [-0.2, 0) is 56.0 Å². The number of benzene rings is 2. The van der Waals surface area contributed by atoms with Crippen molar-refractivity contribution in [3.63, 3.8) is 0 Å². The molecule has 21 nitrogen and oxygen atoms in total. The first kappa shape index (κ1) is 48.8. The van der Waals surface area contributed by atoms with Crippen LogP contribution in [0.15, 0.2) is 54.6 Å². The molecule has 0 unspecified atom stereocenters. The van der Waals surface area contributed by atoms with Gasteiger partial charge in [-0.3, -0.25) is 38.4 Å². The fraction of sp³-hybridized carbons (Fsp3) is 0.475. The molecule has 1 heterocycles. The molecule has 1 aliphatic rings. The molecule has 2 aromatic carbocycles. The Morgan fingerprint density at radius 1 is 0.705 bits per heavy atom. The van der Waals surface area contributed by atoms with Gasteiger partial charge < -0.3 is 63.0 Å². The molecule has 1 fully saturated rings. The molecule has 0 bridgehead atoms. The van der Waals surface area contributed by atoms with Crippen molar-refractivity contribution in [2.45, 2.75) is 95.2 Å². The summed E-state index contributed by atoms with van der Waals surface area (Å²) in [5.41, 5.74) is 6.41. The highest BCUT2D eigenvalue weighted by Gasteiger charge is 2.41. The first-order chi connectivity index (χ1) is 28.8. The summed E-state index contributed by atoms with van der Waals surface area (Å²) >= 11 is 0. The van der Waals surface area contributed by atoms with E-state index in [0.29, 0.717) is 17.5 Å². The van der Waals surface area contributed by atoms with Gasteiger partial charge in [0.05, 0.1) is 19.6 Å². The van der Waals surface area contributed by atoms with E-state index in [1.165, 1.54) is 36.1 Å². The van der Waals surface area contributed by atoms with Crippen LogP contribution in [-0.4, -0.2) is 141 Å². The number of carboxylic acids is 2. The van der Waals surface area contributed by atoms with E-state index in [9.17, 15) is 63.6 Å². The number of aliphatic carboxylic acids is 2. The van der Waals surface area contributed by atoms with Crippen LogP contribution in [0.25, 0.3) is 0 Å². The third-order valence-corrected chi connectivity index (χ3v) is 9.76. The summed E-state index contributed by atoms with van der Waals surface area (Å²) in [6.07, 6.45) is -0.452. The molecule has 0 saturated carbocycles. The Kier molecular flexibility index (Phi) is 18.6. The van der Waals surface area contributed by atoms with Crippen molar-refractivity contribution >= 4 is 53.3 Å². The summed E-state index contributed by atoms with van der Waals surface area (Å²) in [7, 11) is 0. The summed E-state index contributed by atoms with van der Waals surface area (Å²) in [5.74, 6) is -9.36. The number of nitrogens with two attached hydrogens (primary N) is 1. The number of carboxylic acid groups (broad SMARTS) is 2. The molecule has 2 aromatic rings. The predicted octanol–water partition coefficient (Wildman–Crippen LogP) is -2.74. The number of hydrogen-bond acceptors (Lipinski definition) is 12. The van der Waals surface area contributed by atoms with Crippen LogP contribution < -0.4 is 37.6 Å². The molecule has 0 aliphatic carbocycles. The van der Waals surface area contributed by atoms with Crippen LogP contribution in [0, 0.1) is 5.92 Å². The maximum atomic E-state index is 14.0. The zero-order valence-electron chi connectivity index (χ0n) is 34.0. The lowest BCUT2D eigenvalue weighted by Crippen LogP contribution is -2.61. The Balaban J connectivity index is 1.74. The number of carbonyl (C=O) groups excluding carboxylic acids is 7. The van der Waals surface area contributed by atoms with E-state index in [1.54, 1.807) is 44.2 Å². The molecule has 0 radical (unpaired) electrons. The Labute approximate surface area is 351 Å². The average molecular weight is 855 g/mol. The molecule has 0 aromatic heterocycles. The maximum absolute atomic E-state index is 14.0. The van der Waals surface area contributed by atoms with Gasteiger partial charge in [0.25, 0.3) is 0 Å². The molecular formula is C40H54N8O13. The van der Waals surface area contributed by atoms with E-state index >= 15 is 0 Å². The van der Waals surface area contributed by atoms with Gasteiger partial charge in [0.1, 0.15) is 48.0 Å². The lowest BCUT2D eigenvalue weighted by Gasteiger charge is -2.32. The number of carbonyl (C=O) groups is 9. The van der Waals surface area contributed by atoms with E-state index in [4.69, 9.17) is 5.73 Å². The van der Waals surface area contributed by atoms with Crippen molar-refractivity contribution in [3.05, 3.63) is 65.7 Å². The number of aliphatic hydroxyl groups is 1. The largest absolute Gasteiger partial charge is 0.508 e. The van der Waals surface area contributed by atoms with Crippen LogP contribution in [0.1, 0.15) is 51.2 Å². The molecule has 1 aliphatic heterocycles. The van der Waals surface area contributed by atoms with Gasteiger partial charge in [0, 0.05) is 19.4 Å². The second-order valence-corrected chi connectivity index (χ2v) is 14.8. The molecule has 12 N–H and O–H groups in total. The quantitative estimate of drug-likeness (QED) is 0.0573. The van der Waals surface area contributed by atoms with E-state index < -0.39 is 121 Å². The topological polar surface area (TPSA) is 336 Å². The average Bonchev–Trinajstić information content (AvgIpc) is 3.72. The number of nitrogens with one attached hydrogen (secondary N) is 6. The van der Waals surface area contributed by atoms with Crippen LogP contribution in [0.2, 0.25) is 0 Å². The number of hydrogen-bond donors (Lipinski definition) is 11. The highest BCUT2D eigenvalue weighted by molar-refractivity contribution is 5.98. The van der Waals surface area contributed by atoms with E-state index in [0.717, 1.165) is 0 Å². The number of phenolic OH excluding ortho intramolecular Hbond substituents is 1. The number of rotatable bonds is 22. The van der Waals surface area contributed by atoms with Crippen molar-refractivity contribution < 1.29 is 63.6 Å². The van der Waals surface area contributed by atoms with Gasteiger partial charge in [-0.2, -0.15) is 0 Å². The number of nitrogens with zero attached hydrogens (tertiary/aromatic N) is 1.